The van der Waals surface area contributed by atoms with E-state index in [1.165, 1.54) is 30.4 Å². The molecular formula is C11H18. The highest BCUT2D eigenvalue weighted by Crippen LogP contribution is 2.32. The van der Waals surface area contributed by atoms with Gasteiger partial charge in [-0.3, -0.25) is 0 Å². The molecule has 0 heterocycles. The Morgan fingerprint density at radius 1 is 1.00 bits per heavy atom. The highest BCUT2D eigenvalue weighted by molar-refractivity contribution is 5.36. The van der Waals surface area contributed by atoms with Crippen molar-refractivity contribution in [2.24, 2.45) is 0 Å². The predicted molar refractivity (Wildman–Crippen MR) is 50.6 cm³/mol. The molecule has 0 N–H and O–H groups in total. The Kier molecular flexibility index (Phi) is 2.53. The van der Waals surface area contributed by atoms with Gasteiger partial charge in [0.15, 0.2) is 0 Å². The van der Waals surface area contributed by atoms with Gasteiger partial charge in [-0.2, -0.15) is 0 Å². The summed E-state index contributed by atoms with van der Waals surface area (Å²) in [5.74, 6) is 0. The van der Waals surface area contributed by atoms with Crippen molar-refractivity contribution >= 4 is 0 Å². The summed E-state index contributed by atoms with van der Waals surface area (Å²) in [6.07, 6.45) is 4.09. The summed E-state index contributed by atoms with van der Waals surface area (Å²) in [6.45, 7) is 8.88. The maximum atomic E-state index is 2.26. The monoisotopic (exact) mass is 150 g/mol. The second-order valence-electron chi connectivity index (χ2n) is 3.71. The van der Waals surface area contributed by atoms with Gasteiger partial charge in [0.2, 0.25) is 0 Å². The normalized spacial score (nSPS) is 15.8. The highest BCUT2D eigenvalue weighted by Gasteiger charge is 2.12. The molecule has 1 fully saturated rings. The minimum absolute atomic E-state index is 1.34. The molecule has 1 aliphatic rings. The molecule has 0 aliphatic heterocycles. The first-order valence-corrected chi connectivity index (χ1v) is 4.46. The largest absolute Gasteiger partial charge is 0.0732 e. The fourth-order valence-corrected chi connectivity index (χ4v) is 1.37. The standard InChI is InChI=1S/C11H18/c1-8(2)9(3)10(4)11-6-5-7-11/h5-7H2,1-4H3. The maximum Gasteiger partial charge on any atom is -0.0311 e. The smallest absolute Gasteiger partial charge is 0.0311 e. The van der Waals surface area contributed by atoms with Gasteiger partial charge in [-0.1, -0.05) is 11.1 Å². The molecule has 0 aromatic rings. The third kappa shape index (κ3) is 1.74. The van der Waals surface area contributed by atoms with Crippen LogP contribution in [-0.4, -0.2) is 0 Å². The van der Waals surface area contributed by atoms with Gasteiger partial charge in [-0.05, 0) is 58.1 Å². The van der Waals surface area contributed by atoms with Gasteiger partial charge in [0.25, 0.3) is 0 Å². The van der Waals surface area contributed by atoms with Gasteiger partial charge in [0.05, 0.1) is 0 Å². The number of allylic oxidation sites excluding steroid dienone is 4. The van der Waals surface area contributed by atoms with E-state index in [0.29, 0.717) is 0 Å². The molecular weight excluding hydrogens is 132 g/mol. The summed E-state index contributed by atoms with van der Waals surface area (Å²) < 4.78 is 0. The van der Waals surface area contributed by atoms with E-state index in [-0.39, 0.29) is 0 Å². The zero-order valence-electron chi connectivity index (χ0n) is 8.12. The summed E-state index contributed by atoms with van der Waals surface area (Å²) in [5, 5.41) is 0. The molecule has 0 aromatic carbocycles. The molecule has 11 heavy (non-hydrogen) atoms. The third-order valence-electron chi connectivity index (χ3n) is 2.80. The summed E-state index contributed by atoms with van der Waals surface area (Å²) in [7, 11) is 0. The van der Waals surface area contributed by atoms with Crippen LogP contribution in [0.2, 0.25) is 0 Å². The van der Waals surface area contributed by atoms with Crippen molar-refractivity contribution in [2.45, 2.75) is 47.0 Å². The average molecular weight is 150 g/mol. The minimum Gasteiger partial charge on any atom is -0.0732 e. The Bertz CT molecular complexity index is 206. The summed E-state index contributed by atoms with van der Waals surface area (Å²) in [4.78, 5) is 0. The fourth-order valence-electron chi connectivity index (χ4n) is 1.37. The van der Waals surface area contributed by atoms with Crippen molar-refractivity contribution in [3.05, 3.63) is 22.3 Å². The van der Waals surface area contributed by atoms with Crippen LogP contribution in [0, 0.1) is 0 Å². The first-order chi connectivity index (χ1) is 5.13. The molecule has 1 rings (SSSR count). The van der Waals surface area contributed by atoms with Gasteiger partial charge < -0.3 is 0 Å². The van der Waals surface area contributed by atoms with Gasteiger partial charge in [0.1, 0.15) is 0 Å². The van der Waals surface area contributed by atoms with Crippen LogP contribution in [-0.2, 0) is 0 Å². The molecule has 0 atom stereocenters. The van der Waals surface area contributed by atoms with E-state index in [1.54, 1.807) is 11.1 Å². The van der Waals surface area contributed by atoms with Gasteiger partial charge >= 0.3 is 0 Å². The van der Waals surface area contributed by atoms with Crippen LogP contribution in [0.25, 0.3) is 0 Å². The molecule has 0 amide bonds. The predicted octanol–water partition coefficient (Wildman–Crippen LogP) is 3.84. The lowest BCUT2D eigenvalue weighted by Gasteiger charge is -2.21. The van der Waals surface area contributed by atoms with Crippen LogP contribution in [0.1, 0.15) is 47.0 Å². The van der Waals surface area contributed by atoms with Gasteiger partial charge in [-0.15, -0.1) is 0 Å². The maximum absolute atomic E-state index is 2.26. The second-order valence-corrected chi connectivity index (χ2v) is 3.71. The SMILES string of the molecule is CC(C)=C(C)C(C)=C1CCC1. The molecule has 62 valence electrons. The zero-order chi connectivity index (χ0) is 8.43. The molecule has 0 nitrogen and oxygen atoms in total. The Balaban J connectivity index is 2.82. The van der Waals surface area contributed by atoms with E-state index in [9.17, 15) is 0 Å². The number of rotatable bonds is 1. The second kappa shape index (κ2) is 3.25. The van der Waals surface area contributed by atoms with Crippen LogP contribution in [0.4, 0.5) is 0 Å². The van der Waals surface area contributed by atoms with Crippen LogP contribution >= 0.6 is 0 Å². The minimum atomic E-state index is 1.34. The Labute approximate surface area is 70.0 Å². The molecule has 0 radical (unpaired) electrons. The van der Waals surface area contributed by atoms with E-state index in [1.807, 2.05) is 0 Å². The van der Waals surface area contributed by atoms with E-state index < -0.39 is 0 Å². The van der Waals surface area contributed by atoms with E-state index in [4.69, 9.17) is 0 Å². The quantitative estimate of drug-likeness (QED) is 0.532. The lowest BCUT2D eigenvalue weighted by molar-refractivity contribution is 0.652. The van der Waals surface area contributed by atoms with Crippen molar-refractivity contribution in [3.63, 3.8) is 0 Å². The van der Waals surface area contributed by atoms with Crippen molar-refractivity contribution in [3.8, 4) is 0 Å². The Hall–Kier alpha value is -0.520. The van der Waals surface area contributed by atoms with Crippen molar-refractivity contribution in [1.29, 1.82) is 0 Å². The average Bonchev–Trinajstić information content (AvgIpc) is 1.82. The molecule has 0 unspecified atom stereocenters. The molecule has 0 spiro atoms. The third-order valence-corrected chi connectivity index (χ3v) is 2.80. The number of hydrogen-bond donors (Lipinski definition) is 0. The molecule has 0 heteroatoms. The fraction of sp³-hybridized carbons (Fsp3) is 0.636. The highest BCUT2D eigenvalue weighted by atomic mass is 14.2. The van der Waals surface area contributed by atoms with Gasteiger partial charge in [-0.25, -0.2) is 0 Å². The summed E-state index contributed by atoms with van der Waals surface area (Å²) in [6, 6.07) is 0. The number of hydrogen-bond acceptors (Lipinski definition) is 0. The molecule has 0 bridgehead atoms. The zero-order valence-corrected chi connectivity index (χ0v) is 8.12. The van der Waals surface area contributed by atoms with Gasteiger partial charge in [0, 0.05) is 0 Å². The van der Waals surface area contributed by atoms with E-state index >= 15 is 0 Å². The molecule has 0 saturated heterocycles. The van der Waals surface area contributed by atoms with Crippen molar-refractivity contribution in [1.82, 2.24) is 0 Å². The lowest BCUT2D eigenvalue weighted by Crippen LogP contribution is -2.01. The Morgan fingerprint density at radius 3 is 1.82 bits per heavy atom. The topological polar surface area (TPSA) is 0 Å². The Morgan fingerprint density at radius 2 is 1.55 bits per heavy atom. The van der Waals surface area contributed by atoms with Crippen LogP contribution < -0.4 is 0 Å². The molecule has 1 saturated carbocycles. The van der Waals surface area contributed by atoms with Crippen LogP contribution in [0.5, 0.6) is 0 Å². The van der Waals surface area contributed by atoms with Crippen molar-refractivity contribution < 1.29 is 0 Å². The molecule has 1 aliphatic carbocycles. The van der Waals surface area contributed by atoms with Crippen LogP contribution in [0.3, 0.4) is 0 Å². The van der Waals surface area contributed by atoms with Crippen LogP contribution in [0.15, 0.2) is 22.3 Å². The van der Waals surface area contributed by atoms with Crippen molar-refractivity contribution in [2.75, 3.05) is 0 Å². The van der Waals surface area contributed by atoms with E-state index in [2.05, 4.69) is 27.7 Å². The lowest BCUT2D eigenvalue weighted by atomic mass is 9.85. The first kappa shape index (κ1) is 8.58. The summed E-state index contributed by atoms with van der Waals surface area (Å²) >= 11 is 0. The molecule has 0 aromatic heterocycles. The van der Waals surface area contributed by atoms with E-state index in [0.717, 1.165) is 0 Å². The summed E-state index contributed by atoms with van der Waals surface area (Å²) in [5.41, 5.74) is 6.20. The first-order valence-electron chi connectivity index (χ1n) is 4.46.